The molecule has 4 aromatic rings. The third-order valence-corrected chi connectivity index (χ3v) is 20.0. The molecular formula is C81H114. The molecule has 4 aliphatic carbocycles. The Hall–Kier alpha value is -4.94. The van der Waals surface area contributed by atoms with E-state index < -0.39 is 0 Å². The summed E-state index contributed by atoms with van der Waals surface area (Å²) in [5.74, 6) is 5.43. The normalized spacial score (nSPS) is 21.1. The SMILES string of the molecule is C=C(C)c1ccc(CC(=C)C2CCC(CCCC)CC2)cc1.C=C(CC1CCC(C(=C)Cc2ccc(CCC(=C)C3CCCCC3)c(C(=C)Cc3ccccc3C)c2)CC1)c1ccc(CC(=C)C2CCC(CCCC)CC2)cc1.CC. The first-order chi connectivity index (χ1) is 39.3. The summed E-state index contributed by atoms with van der Waals surface area (Å²) in [6, 6.07) is 34.2. The van der Waals surface area contributed by atoms with Crippen molar-refractivity contribution >= 4 is 16.7 Å². The van der Waals surface area contributed by atoms with E-state index >= 15 is 0 Å². The minimum atomic E-state index is 0.602. The van der Waals surface area contributed by atoms with Gasteiger partial charge < -0.3 is 0 Å². The molecule has 0 nitrogen and oxygen atoms in total. The van der Waals surface area contributed by atoms with Crippen LogP contribution in [0.15, 0.2) is 159 Å². The molecule has 4 fully saturated rings. The van der Waals surface area contributed by atoms with E-state index in [2.05, 4.69) is 158 Å². The number of unbranched alkanes of at least 4 members (excludes halogenated alkanes) is 2. The Morgan fingerprint density at radius 2 is 0.877 bits per heavy atom. The first kappa shape index (κ1) is 65.2. The van der Waals surface area contributed by atoms with Crippen LogP contribution in [-0.4, -0.2) is 0 Å². The van der Waals surface area contributed by atoms with Gasteiger partial charge in [-0.15, -0.1) is 0 Å². The zero-order valence-electron chi connectivity index (χ0n) is 52.9. The highest BCUT2D eigenvalue weighted by Crippen LogP contribution is 2.41. The fraction of sp³-hybridized carbons (Fsp3) is 0.531. The summed E-state index contributed by atoms with van der Waals surface area (Å²) in [6.07, 6.45) is 38.3. The topological polar surface area (TPSA) is 0 Å². The maximum absolute atomic E-state index is 4.71. The number of rotatable bonds is 26. The Morgan fingerprint density at radius 1 is 0.432 bits per heavy atom. The van der Waals surface area contributed by atoms with Crippen LogP contribution in [0.2, 0.25) is 0 Å². The van der Waals surface area contributed by atoms with Gasteiger partial charge in [-0.1, -0.05) is 250 Å². The number of aryl methyl sites for hydroxylation is 2. The summed E-state index contributed by atoms with van der Waals surface area (Å²) < 4.78 is 0. The standard InChI is InChI=1S/C57H76.C22H32.C2H6/c1-8-9-16-47-21-29-52(30-22-47)43(4)36-48-23-31-53(32-24-48)44(5)37-49-25-33-54(34-26-49)45(6)38-50-27-35-55(28-20-42(3)51-17-11-10-12-18-51)57(40-50)46(7)39-56-19-14-13-15-41(56)2;1-5-6-7-19-8-14-22(15-9-19)18(4)16-20-10-12-21(13-11-20)17(2)3;1-2/h13-15,19,23-24,27,31-32,35,40,47,49,51-52,54H,3-12,16-18,20-22,25-26,28-30,33-34,36-39H2,1-2H3;10-13,19,22H,2,4-9,14-16H2,1,3H3;1-2H3. The fourth-order valence-electron chi connectivity index (χ4n) is 14.4. The number of hydrogen-bond donors (Lipinski definition) is 0. The van der Waals surface area contributed by atoms with E-state index in [0.717, 1.165) is 68.3 Å². The Balaban J connectivity index is 0.000000367. The van der Waals surface area contributed by atoms with E-state index in [1.165, 1.54) is 231 Å². The average molecular weight is 1090 g/mol. The molecule has 438 valence electrons. The van der Waals surface area contributed by atoms with Gasteiger partial charge in [0.15, 0.2) is 0 Å². The van der Waals surface area contributed by atoms with Gasteiger partial charge in [-0.05, 0) is 251 Å². The van der Waals surface area contributed by atoms with Gasteiger partial charge in [0, 0.05) is 0 Å². The maximum atomic E-state index is 4.71. The van der Waals surface area contributed by atoms with Gasteiger partial charge >= 0.3 is 0 Å². The van der Waals surface area contributed by atoms with Crippen LogP contribution in [0.3, 0.4) is 0 Å². The van der Waals surface area contributed by atoms with Crippen LogP contribution < -0.4 is 0 Å². The predicted octanol–water partition coefficient (Wildman–Crippen LogP) is 24.3. The molecular weight excluding hydrogens is 973 g/mol. The van der Waals surface area contributed by atoms with Crippen LogP contribution in [-0.2, 0) is 32.1 Å². The van der Waals surface area contributed by atoms with E-state index in [9.17, 15) is 0 Å². The zero-order valence-corrected chi connectivity index (χ0v) is 52.9. The molecule has 0 bridgehead atoms. The molecule has 0 N–H and O–H groups in total. The lowest BCUT2D eigenvalue weighted by Gasteiger charge is -2.30. The Labute approximate surface area is 499 Å². The van der Waals surface area contributed by atoms with Crippen molar-refractivity contribution < 1.29 is 0 Å². The highest BCUT2D eigenvalue weighted by Gasteiger charge is 2.27. The van der Waals surface area contributed by atoms with Gasteiger partial charge in [-0.3, -0.25) is 0 Å². The van der Waals surface area contributed by atoms with Crippen molar-refractivity contribution in [2.24, 2.45) is 41.4 Å². The van der Waals surface area contributed by atoms with Crippen LogP contribution >= 0.6 is 0 Å². The van der Waals surface area contributed by atoms with Crippen molar-refractivity contribution in [2.45, 2.75) is 234 Å². The first-order valence-electron chi connectivity index (χ1n) is 33.3. The molecule has 8 rings (SSSR count). The van der Waals surface area contributed by atoms with Gasteiger partial charge in [-0.2, -0.15) is 0 Å². The monoisotopic (exact) mass is 1090 g/mol. The second-order valence-corrected chi connectivity index (χ2v) is 26.1. The van der Waals surface area contributed by atoms with Crippen LogP contribution in [0.4, 0.5) is 0 Å². The Morgan fingerprint density at radius 3 is 1.36 bits per heavy atom. The third kappa shape index (κ3) is 21.0. The second-order valence-electron chi connectivity index (χ2n) is 26.1. The first-order valence-corrected chi connectivity index (χ1v) is 33.3. The highest BCUT2D eigenvalue weighted by atomic mass is 14.3. The summed E-state index contributed by atoms with van der Waals surface area (Å²) >= 11 is 0. The van der Waals surface area contributed by atoms with E-state index in [4.69, 9.17) is 6.58 Å². The van der Waals surface area contributed by atoms with Crippen LogP contribution in [0, 0.1) is 48.3 Å². The largest absolute Gasteiger partial charge is 0.0996 e. The molecule has 0 aliphatic heterocycles. The van der Waals surface area contributed by atoms with Crippen LogP contribution in [0.5, 0.6) is 0 Å². The third-order valence-electron chi connectivity index (χ3n) is 20.0. The Kier molecular flexibility index (Phi) is 27.9. The lowest BCUT2D eigenvalue weighted by atomic mass is 9.75. The van der Waals surface area contributed by atoms with Crippen molar-refractivity contribution in [2.75, 3.05) is 0 Å². The second kappa shape index (κ2) is 34.6. The van der Waals surface area contributed by atoms with E-state index in [0.29, 0.717) is 23.7 Å². The van der Waals surface area contributed by atoms with Gasteiger partial charge in [0.25, 0.3) is 0 Å². The van der Waals surface area contributed by atoms with Gasteiger partial charge in [0.05, 0.1) is 0 Å². The molecule has 0 atom stereocenters. The van der Waals surface area contributed by atoms with E-state index in [-0.39, 0.29) is 0 Å². The predicted molar refractivity (Wildman–Crippen MR) is 361 cm³/mol. The van der Waals surface area contributed by atoms with Crippen molar-refractivity contribution in [3.63, 3.8) is 0 Å². The molecule has 0 amide bonds. The summed E-state index contributed by atoms with van der Waals surface area (Å²) in [5.41, 5.74) is 21.6. The summed E-state index contributed by atoms with van der Waals surface area (Å²) in [7, 11) is 0. The van der Waals surface area contributed by atoms with Gasteiger partial charge in [0.2, 0.25) is 0 Å². The Bertz CT molecular complexity index is 2590. The minimum absolute atomic E-state index is 0.602. The van der Waals surface area contributed by atoms with Crippen LogP contribution in [0.25, 0.3) is 16.7 Å². The minimum Gasteiger partial charge on any atom is -0.0996 e. The maximum Gasteiger partial charge on any atom is -0.00230 e. The van der Waals surface area contributed by atoms with Crippen molar-refractivity contribution in [3.8, 4) is 0 Å². The summed E-state index contributed by atoms with van der Waals surface area (Å²) in [6.45, 7) is 44.4. The lowest BCUT2D eigenvalue weighted by Crippen LogP contribution is -2.17. The highest BCUT2D eigenvalue weighted by molar-refractivity contribution is 5.70. The number of benzene rings is 4. The molecule has 0 aromatic heterocycles. The van der Waals surface area contributed by atoms with Gasteiger partial charge in [-0.25, -0.2) is 0 Å². The number of hydrogen-bond acceptors (Lipinski definition) is 0. The quantitative estimate of drug-likeness (QED) is 0.0550. The molecule has 0 spiro atoms. The lowest BCUT2D eigenvalue weighted by molar-refractivity contribution is 0.281. The molecule has 0 heteroatoms. The molecule has 81 heavy (non-hydrogen) atoms. The smallest absolute Gasteiger partial charge is 0.00230 e. The van der Waals surface area contributed by atoms with Crippen LogP contribution in [0.1, 0.15) is 245 Å². The van der Waals surface area contributed by atoms with Crippen molar-refractivity contribution in [1.29, 1.82) is 0 Å². The molecule has 4 aliphatic rings. The van der Waals surface area contributed by atoms with Crippen molar-refractivity contribution in [1.82, 2.24) is 0 Å². The summed E-state index contributed by atoms with van der Waals surface area (Å²) in [4.78, 5) is 0. The van der Waals surface area contributed by atoms with Crippen molar-refractivity contribution in [3.05, 3.63) is 209 Å². The molecule has 4 saturated carbocycles. The average Bonchev–Trinajstić information content (AvgIpc) is 3.49. The molecule has 0 saturated heterocycles. The van der Waals surface area contributed by atoms with E-state index in [1.54, 1.807) is 0 Å². The molecule has 0 unspecified atom stereocenters. The molecule has 4 aromatic carbocycles. The zero-order chi connectivity index (χ0) is 58.1. The van der Waals surface area contributed by atoms with E-state index in [1.807, 2.05) is 13.8 Å². The fourth-order valence-corrected chi connectivity index (χ4v) is 14.4. The molecule has 0 heterocycles. The van der Waals surface area contributed by atoms with Gasteiger partial charge in [0.1, 0.15) is 0 Å². The number of allylic oxidation sites excluding steroid dienone is 7. The molecule has 0 radical (unpaired) electrons. The summed E-state index contributed by atoms with van der Waals surface area (Å²) in [5, 5.41) is 0.